The average molecular weight is 485 g/mol. The Morgan fingerprint density at radius 2 is 1.61 bits per heavy atom. The predicted octanol–water partition coefficient (Wildman–Crippen LogP) is 0.401. The largest absolute Gasteiger partial charge is 0.430 e. The van der Waals surface area contributed by atoms with E-state index in [-0.39, 0.29) is 24.5 Å². The minimum atomic E-state index is -6.01. The van der Waals surface area contributed by atoms with Crippen LogP contribution in [0.15, 0.2) is 12.4 Å². The van der Waals surface area contributed by atoms with Crippen molar-refractivity contribution >= 4 is 0 Å². The van der Waals surface area contributed by atoms with E-state index in [0.29, 0.717) is 58.1 Å². The van der Waals surface area contributed by atoms with Crippen molar-refractivity contribution in [2.24, 2.45) is 0 Å². The summed E-state index contributed by atoms with van der Waals surface area (Å²) in [6.07, 6.45) is -10.7. The first-order valence-electron chi connectivity index (χ1n) is 10.5. The van der Waals surface area contributed by atoms with Crippen LogP contribution in [0, 0.1) is 0 Å². The lowest BCUT2D eigenvalue weighted by Gasteiger charge is -2.51. The van der Waals surface area contributed by atoms with E-state index in [4.69, 9.17) is 4.74 Å². The number of alkyl halides is 6. The van der Waals surface area contributed by atoms with Crippen molar-refractivity contribution in [1.29, 1.82) is 0 Å². The predicted molar refractivity (Wildman–Crippen MR) is 101 cm³/mol. The number of piperidine rings is 1. The van der Waals surface area contributed by atoms with Crippen LogP contribution in [0.2, 0.25) is 0 Å². The summed E-state index contributed by atoms with van der Waals surface area (Å²) < 4.78 is 84.8. The lowest BCUT2D eigenvalue weighted by atomic mass is 9.87. The van der Waals surface area contributed by atoms with Crippen LogP contribution >= 0.6 is 0 Å². The van der Waals surface area contributed by atoms with E-state index < -0.39 is 35.2 Å². The van der Waals surface area contributed by atoms with Gasteiger partial charge in [0.15, 0.2) is 5.82 Å². The molecular weight excluding hydrogens is 460 g/mol. The van der Waals surface area contributed by atoms with Crippen molar-refractivity contribution in [3.05, 3.63) is 23.8 Å². The van der Waals surface area contributed by atoms with Gasteiger partial charge in [-0.2, -0.15) is 26.3 Å². The van der Waals surface area contributed by atoms with Gasteiger partial charge in [-0.15, -0.1) is 0 Å². The molecule has 3 aliphatic rings. The second-order valence-electron chi connectivity index (χ2n) is 8.83. The maximum atomic E-state index is 13.2. The van der Waals surface area contributed by atoms with Crippen LogP contribution in [0.3, 0.4) is 0 Å². The SMILES string of the molecule is OC1CC2COCC(C1)N2C[C@@]1(c2ncc(C(O)(C(F)(F)F)C(F)(F)F)cn2)CNCCN1. The van der Waals surface area contributed by atoms with Crippen LogP contribution in [-0.4, -0.2) is 95.0 Å². The first kappa shape index (κ1) is 24.5. The van der Waals surface area contributed by atoms with E-state index in [2.05, 4.69) is 25.5 Å². The molecule has 14 heteroatoms. The Labute approximate surface area is 185 Å². The molecule has 3 aliphatic heterocycles. The molecule has 33 heavy (non-hydrogen) atoms. The molecule has 0 radical (unpaired) electrons. The molecule has 8 nitrogen and oxygen atoms in total. The highest BCUT2D eigenvalue weighted by molar-refractivity contribution is 5.23. The van der Waals surface area contributed by atoms with Crippen molar-refractivity contribution in [2.45, 2.75) is 54.5 Å². The molecule has 0 spiro atoms. The van der Waals surface area contributed by atoms with Gasteiger partial charge in [0.05, 0.1) is 19.3 Å². The molecule has 0 saturated carbocycles. The van der Waals surface area contributed by atoms with Crippen molar-refractivity contribution in [3.8, 4) is 0 Å². The second-order valence-corrected chi connectivity index (χ2v) is 8.83. The molecule has 4 heterocycles. The number of piperazine rings is 1. The van der Waals surface area contributed by atoms with E-state index in [9.17, 15) is 36.6 Å². The molecule has 1 aromatic heterocycles. The van der Waals surface area contributed by atoms with Crippen molar-refractivity contribution in [1.82, 2.24) is 25.5 Å². The van der Waals surface area contributed by atoms with E-state index in [1.807, 2.05) is 0 Å². The van der Waals surface area contributed by atoms with Crippen LogP contribution in [0.1, 0.15) is 24.2 Å². The number of nitrogens with zero attached hydrogens (tertiary/aromatic N) is 3. The Balaban J connectivity index is 1.66. The molecule has 3 saturated heterocycles. The third kappa shape index (κ3) is 4.32. The van der Waals surface area contributed by atoms with E-state index in [1.165, 1.54) is 0 Å². The summed E-state index contributed by atoms with van der Waals surface area (Å²) in [5.74, 6) is 0.00950. The van der Waals surface area contributed by atoms with Gasteiger partial charge in [-0.25, -0.2) is 9.97 Å². The number of fused-ring (bicyclic) bond motifs is 2. The van der Waals surface area contributed by atoms with Gasteiger partial charge in [0, 0.05) is 56.2 Å². The zero-order chi connectivity index (χ0) is 24.1. The summed E-state index contributed by atoms with van der Waals surface area (Å²) >= 11 is 0. The highest BCUT2D eigenvalue weighted by Crippen LogP contribution is 2.49. The Morgan fingerprint density at radius 1 is 1.03 bits per heavy atom. The molecule has 2 bridgehead atoms. The number of morpholine rings is 1. The van der Waals surface area contributed by atoms with E-state index in [1.54, 1.807) is 0 Å². The number of rotatable bonds is 4. The molecule has 4 N–H and O–H groups in total. The summed E-state index contributed by atoms with van der Waals surface area (Å²) in [5.41, 5.74) is -7.58. The first-order chi connectivity index (χ1) is 15.4. The smallest absolute Gasteiger partial charge is 0.393 e. The highest BCUT2D eigenvalue weighted by atomic mass is 19.4. The molecular formula is C19H25F6N5O3. The summed E-state index contributed by atoms with van der Waals surface area (Å²) in [7, 11) is 0. The number of hydrogen-bond donors (Lipinski definition) is 4. The topological polar surface area (TPSA) is 103 Å². The highest BCUT2D eigenvalue weighted by Gasteiger charge is 2.71. The maximum absolute atomic E-state index is 13.2. The molecule has 2 unspecified atom stereocenters. The molecule has 0 aliphatic carbocycles. The Morgan fingerprint density at radius 3 is 2.09 bits per heavy atom. The monoisotopic (exact) mass is 485 g/mol. The van der Waals surface area contributed by atoms with Crippen LogP contribution in [0.25, 0.3) is 0 Å². The van der Waals surface area contributed by atoms with Gasteiger partial charge in [-0.1, -0.05) is 0 Å². The molecule has 4 rings (SSSR count). The molecule has 186 valence electrons. The van der Waals surface area contributed by atoms with E-state index in [0.717, 1.165) is 0 Å². The molecule has 1 aromatic rings. The van der Waals surface area contributed by atoms with Gasteiger partial charge in [0.1, 0.15) is 5.54 Å². The lowest BCUT2D eigenvalue weighted by Crippen LogP contribution is -2.67. The Kier molecular flexibility index (Phi) is 6.38. The molecule has 0 amide bonds. The normalized spacial score (nSPS) is 32.1. The number of aliphatic hydroxyl groups excluding tert-OH is 1. The summed E-state index contributed by atoms with van der Waals surface area (Å²) in [6, 6.07) is -0.180. The quantitative estimate of drug-likeness (QED) is 0.455. The van der Waals surface area contributed by atoms with Gasteiger partial charge in [-0.05, 0) is 12.8 Å². The molecule has 3 atom stereocenters. The fourth-order valence-corrected chi connectivity index (χ4v) is 4.88. The van der Waals surface area contributed by atoms with Gasteiger partial charge < -0.3 is 25.6 Å². The van der Waals surface area contributed by atoms with Gasteiger partial charge in [-0.3, -0.25) is 4.90 Å². The van der Waals surface area contributed by atoms with Crippen LogP contribution in [-0.2, 0) is 15.9 Å². The minimum absolute atomic E-state index is 0.00950. The van der Waals surface area contributed by atoms with Gasteiger partial charge in [0.2, 0.25) is 0 Å². The van der Waals surface area contributed by atoms with Crippen LogP contribution < -0.4 is 10.6 Å². The summed E-state index contributed by atoms with van der Waals surface area (Å²) in [5, 5.41) is 26.2. The first-order valence-corrected chi connectivity index (χ1v) is 10.5. The zero-order valence-corrected chi connectivity index (χ0v) is 17.5. The second kappa shape index (κ2) is 8.57. The Bertz CT molecular complexity index is 803. The van der Waals surface area contributed by atoms with Crippen LogP contribution in [0.4, 0.5) is 26.3 Å². The number of nitrogens with one attached hydrogen (secondary N) is 2. The summed E-state index contributed by atoms with van der Waals surface area (Å²) in [4.78, 5) is 9.86. The van der Waals surface area contributed by atoms with E-state index >= 15 is 0 Å². The fraction of sp³-hybridized carbons (Fsp3) is 0.789. The third-order valence-corrected chi connectivity index (χ3v) is 6.61. The number of ether oxygens (including phenoxy) is 1. The standard InChI is InChI=1S/C19H25F6N5O3/c20-18(21,22)17(32,19(23,24)25)11-5-27-15(28-6-11)16(9-26-1-2-29-16)10-30-12-3-14(31)4-13(30)8-33-7-12/h5-6,12-14,26,29,31-32H,1-4,7-10H2/t12?,13?,14?,16-/m1/s1. The van der Waals surface area contributed by atoms with Crippen molar-refractivity contribution in [2.75, 3.05) is 39.4 Å². The number of aliphatic hydroxyl groups is 2. The maximum Gasteiger partial charge on any atom is 0.430 e. The van der Waals surface area contributed by atoms with Crippen molar-refractivity contribution < 1.29 is 41.3 Å². The molecule has 3 fully saturated rings. The third-order valence-electron chi connectivity index (χ3n) is 6.61. The number of halogens is 6. The minimum Gasteiger partial charge on any atom is -0.393 e. The van der Waals surface area contributed by atoms with Crippen molar-refractivity contribution in [3.63, 3.8) is 0 Å². The summed E-state index contributed by atoms with van der Waals surface area (Å²) in [6.45, 7) is 2.49. The molecule has 0 aromatic carbocycles. The number of aromatic nitrogens is 2. The zero-order valence-electron chi connectivity index (χ0n) is 17.5. The van der Waals surface area contributed by atoms with Crippen LogP contribution in [0.5, 0.6) is 0 Å². The van der Waals surface area contributed by atoms with Gasteiger partial charge >= 0.3 is 12.4 Å². The lowest BCUT2D eigenvalue weighted by molar-refractivity contribution is -0.376. The Hall–Kier alpha value is -1.58. The number of hydrogen-bond acceptors (Lipinski definition) is 8. The fourth-order valence-electron chi connectivity index (χ4n) is 4.88. The average Bonchev–Trinajstić information content (AvgIpc) is 2.73. The van der Waals surface area contributed by atoms with Gasteiger partial charge in [0.25, 0.3) is 5.60 Å².